The van der Waals surface area contributed by atoms with E-state index in [9.17, 15) is 4.79 Å². The molecular weight excluding hydrogens is 280 g/mol. The van der Waals surface area contributed by atoms with Crippen molar-refractivity contribution in [2.75, 3.05) is 12.1 Å². The number of nitrogens with one attached hydrogen (secondary N) is 1. The minimum absolute atomic E-state index is 0.204. The van der Waals surface area contributed by atoms with E-state index in [0.717, 1.165) is 0 Å². The van der Waals surface area contributed by atoms with Crippen LogP contribution in [-0.4, -0.2) is 27.3 Å². The average Bonchev–Trinajstić information content (AvgIpc) is 3.12. The molecule has 2 aromatic heterocycles. The van der Waals surface area contributed by atoms with E-state index < -0.39 is 0 Å². The number of imidazole rings is 1. The number of anilines is 1. The molecule has 1 N–H and O–H groups in total. The molecule has 1 aliphatic heterocycles. The highest BCUT2D eigenvalue weighted by molar-refractivity contribution is 7.14. The molecule has 0 unspecified atom stereocenters. The van der Waals surface area contributed by atoms with E-state index in [1.54, 1.807) is 34.4 Å². The molecule has 0 radical (unpaired) electrons. The zero-order valence-electron chi connectivity index (χ0n) is 10.1. The van der Waals surface area contributed by atoms with Crippen molar-refractivity contribution in [1.29, 1.82) is 0 Å². The van der Waals surface area contributed by atoms with Crippen LogP contribution in [-0.2, 0) is 0 Å². The first-order valence-electron chi connectivity index (χ1n) is 5.79. The fourth-order valence-corrected chi connectivity index (χ4v) is 2.52. The fourth-order valence-electron chi connectivity index (χ4n) is 1.92. The Hall–Kier alpha value is -2.61. The average molecular weight is 288 g/mol. The summed E-state index contributed by atoms with van der Waals surface area (Å²) in [5, 5.41) is 6.80. The molecule has 4 rings (SSSR count). The van der Waals surface area contributed by atoms with Gasteiger partial charge in [-0.15, -0.1) is 0 Å². The lowest BCUT2D eigenvalue weighted by molar-refractivity contribution is 0.102. The Morgan fingerprint density at radius 2 is 2.25 bits per heavy atom. The first-order chi connectivity index (χ1) is 9.79. The quantitative estimate of drug-likeness (QED) is 0.777. The Morgan fingerprint density at radius 1 is 1.35 bits per heavy atom. The second kappa shape index (κ2) is 4.20. The molecule has 8 heteroatoms. The number of amides is 1. The van der Waals surface area contributed by atoms with Crippen LogP contribution in [0.25, 0.3) is 4.96 Å². The molecule has 1 aromatic carbocycles. The van der Waals surface area contributed by atoms with Gasteiger partial charge in [-0.1, -0.05) is 11.3 Å². The van der Waals surface area contributed by atoms with Gasteiger partial charge >= 0.3 is 0 Å². The molecule has 0 aliphatic carbocycles. The number of rotatable bonds is 2. The van der Waals surface area contributed by atoms with Crippen molar-refractivity contribution in [2.45, 2.75) is 0 Å². The zero-order valence-corrected chi connectivity index (χ0v) is 10.9. The van der Waals surface area contributed by atoms with Gasteiger partial charge in [0, 0.05) is 11.8 Å². The maximum atomic E-state index is 12.1. The van der Waals surface area contributed by atoms with Crippen LogP contribution in [0.3, 0.4) is 0 Å². The molecule has 0 saturated carbocycles. The molecule has 3 aromatic rings. The third-order valence-corrected chi connectivity index (χ3v) is 3.54. The van der Waals surface area contributed by atoms with Crippen molar-refractivity contribution < 1.29 is 14.3 Å². The van der Waals surface area contributed by atoms with Gasteiger partial charge < -0.3 is 14.8 Å². The van der Waals surface area contributed by atoms with Crippen LogP contribution >= 0.6 is 11.3 Å². The summed E-state index contributed by atoms with van der Waals surface area (Å²) in [5.41, 5.74) is 2.62. The van der Waals surface area contributed by atoms with Gasteiger partial charge in [0.25, 0.3) is 5.91 Å². The van der Waals surface area contributed by atoms with E-state index in [2.05, 4.69) is 15.4 Å². The topological polar surface area (TPSA) is 77.8 Å². The molecule has 0 saturated heterocycles. The van der Waals surface area contributed by atoms with Crippen LogP contribution < -0.4 is 14.8 Å². The summed E-state index contributed by atoms with van der Waals surface area (Å²) in [7, 11) is 0. The number of carbonyl (C=O) groups is 1. The van der Waals surface area contributed by atoms with Gasteiger partial charge in [0.1, 0.15) is 11.2 Å². The molecule has 0 bridgehead atoms. The summed E-state index contributed by atoms with van der Waals surface area (Å²) >= 11 is 1.37. The lowest BCUT2D eigenvalue weighted by atomic mass is 10.2. The number of carbonyl (C=O) groups excluding carboxylic acids is 1. The van der Waals surface area contributed by atoms with E-state index in [1.807, 2.05) is 0 Å². The number of ether oxygens (including phenoxy) is 2. The predicted octanol–water partition coefficient (Wildman–Crippen LogP) is 1.77. The Labute approximate surface area is 116 Å². The molecule has 1 aliphatic rings. The van der Waals surface area contributed by atoms with Crippen LogP contribution in [0.2, 0.25) is 0 Å². The van der Waals surface area contributed by atoms with Crippen molar-refractivity contribution in [3.63, 3.8) is 0 Å². The van der Waals surface area contributed by atoms with Crippen molar-refractivity contribution in [1.82, 2.24) is 14.6 Å². The monoisotopic (exact) mass is 288 g/mol. The van der Waals surface area contributed by atoms with E-state index in [4.69, 9.17) is 9.47 Å². The van der Waals surface area contributed by atoms with Crippen molar-refractivity contribution in [3.8, 4) is 11.5 Å². The Balaban J connectivity index is 1.59. The molecule has 100 valence electrons. The highest BCUT2D eigenvalue weighted by Gasteiger charge is 2.16. The van der Waals surface area contributed by atoms with Gasteiger partial charge in [0.15, 0.2) is 11.5 Å². The third-order valence-electron chi connectivity index (χ3n) is 2.85. The molecule has 1 amide bonds. The molecule has 0 fully saturated rings. The minimum atomic E-state index is -0.290. The van der Waals surface area contributed by atoms with Gasteiger partial charge in [-0.25, -0.2) is 9.50 Å². The summed E-state index contributed by atoms with van der Waals surface area (Å²) in [5.74, 6) is 1.01. The highest BCUT2D eigenvalue weighted by Crippen LogP contribution is 2.34. The Kier molecular flexibility index (Phi) is 2.36. The molecule has 3 heterocycles. The van der Waals surface area contributed by atoms with Crippen molar-refractivity contribution >= 4 is 27.9 Å². The maximum absolute atomic E-state index is 12.1. The predicted molar refractivity (Wildman–Crippen MR) is 71.4 cm³/mol. The van der Waals surface area contributed by atoms with Crippen LogP contribution in [0, 0.1) is 0 Å². The molecule has 7 nitrogen and oxygen atoms in total. The van der Waals surface area contributed by atoms with E-state index in [1.165, 1.54) is 11.3 Å². The van der Waals surface area contributed by atoms with E-state index in [0.29, 0.717) is 27.8 Å². The first-order valence-corrected chi connectivity index (χ1v) is 6.67. The van der Waals surface area contributed by atoms with Gasteiger partial charge in [-0.05, 0) is 12.1 Å². The van der Waals surface area contributed by atoms with Crippen LogP contribution in [0.15, 0.2) is 29.9 Å². The maximum Gasteiger partial charge on any atom is 0.275 e. The van der Waals surface area contributed by atoms with E-state index >= 15 is 0 Å². The lowest BCUT2D eigenvalue weighted by Crippen LogP contribution is -2.12. The van der Waals surface area contributed by atoms with Crippen molar-refractivity contribution in [2.24, 2.45) is 0 Å². The SMILES string of the molecule is O=C(Nc1ccc2c(c1)OCO2)c1cn2ncsc2n1. The number of benzene rings is 1. The van der Waals surface area contributed by atoms with Gasteiger partial charge in [-0.2, -0.15) is 5.10 Å². The molecule has 0 spiro atoms. The number of hydrogen-bond donors (Lipinski definition) is 1. The van der Waals surface area contributed by atoms with Gasteiger partial charge in [0.2, 0.25) is 11.8 Å². The first kappa shape index (κ1) is 11.2. The largest absolute Gasteiger partial charge is 0.454 e. The Bertz CT molecular complexity index is 782. The normalized spacial score (nSPS) is 12.8. The number of fused-ring (bicyclic) bond motifs is 2. The van der Waals surface area contributed by atoms with Gasteiger partial charge in [0.05, 0.1) is 6.20 Å². The van der Waals surface area contributed by atoms with Crippen molar-refractivity contribution in [3.05, 3.63) is 35.6 Å². The summed E-state index contributed by atoms with van der Waals surface area (Å²) in [6.07, 6.45) is 1.59. The second-order valence-electron chi connectivity index (χ2n) is 4.11. The summed E-state index contributed by atoms with van der Waals surface area (Å²) < 4.78 is 12.0. The second-order valence-corrected chi connectivity index (χ2v) is 4.93. The number of hydrogen-bond acceptors (Lipinski definition) is 6. The fraction of sp³-hybridized carbons (Fsp3) is 0.0833. The highest BCUT2D eigenvalue weighted by atomic mass is 32.1. The summed E-state index contributed by atoms with van der Waals surface area (Å²) in [4.78, 5) is 17.0. The Morgan fingerprint density at radius 3 is 3.15 bits per heavy atom. The van der Waals surface area contributed by atoms with Crippen LogP contribution in [0.4, 0.5) is 5.69 Å². The smallest absolute Gasteiger partial charge is 0.275 e. The van der Waals surface area contributed by atoms with Crippen LogP contribution in [0.5, 0.6) is 11.5 Å². The van der Waals surface area contributed by atoms with Crippen LogP contribution in [0.1, 0.15) is 10.5 Å². The number of nitrogens with zero attached hydrogens (tertiary/aromatic N) is 3. The number of aromatic nitrogens is 3. The molecule has 0 atom stereocenters. The van der Waals surface area contributed by atoms with E-state index in [-0.39, 0.29) is 12.7 Å². The standard InChI is InChI=1S/C12H8N4O3S/c17-11(8-4-16-12(15-8)20-5-13-16)14-7-1-2-9-10(3-7)19-6-18-9/h1-5H,6H2,(H,14,17). The van der Waals surface area contributed by atoms with Gasteiger partial charge in [-0.3, -0.25) is 4.79 Å². The summed E-state index contributed by atoms with van der Waals surface area (Å²) in [6.45, 7) is 0.204. The summed E-state index contributed by atoms with van der Waals surface area (Å²) in [6, 6.07) is 5.23. The minimum Gasteiger partial charge on any atom is -0.454 e. The molecular formula is C12H8N4O3S. The third kappa shape index (κ3) is 1.77. The lowest BCUT2D eigenvalue weighted by Gasteiger charge is -2.04. The zero-order chi connectivity index (χ0) is 13.5. The molecule has 20 heavy (non-hydrogen) atoms.